The summed E-state index contributed by atoms with van der Waals surface area (Å²) in [4.78, 5) is 0. The van der Waals surface area contributed by atoms with Crippen molar-refractivity contribution in [2.75, 3.05) is 0 Å². The summed E-state index contributed by atoms with van der Waals surface area (Å²) in [6.07, 6.45) is 9.00. The van der Waals surface area contributed by atoms with Crippen molar-refractivity contribution in [2.24, 2.45) is 11.8 Å². The largest absolute Gasteiger partial charge is 1.00 e. The Kier molecular flexibility index (Phi) is 11.4. The maximum Gasteiger partial charge on any atom is -1.00 e. The molecule has 1 saturated carbocycles. The molecule has 15 heavy (non-hydrogen) atoms. The Hall–Kier alpha value is 0.532. The smallest absolute Gasteiger partial charge is 1.00 e. The van der Waals surface area contributed by atoms with Crippen molar-refractivity contribution < 1.29 is 1.43 Å². The minimum Gasteiger partial charge on any atom is -1.00 e. The Morgan fingerprint density at radius 2 is 1.00 bits per heavy atom. The minimum absolute atomic E-state index is 0. The van der Waals surface area contributed by atoms with Gasteiger partial charge in [-0.15, -0.1) is 0 Å². The molecule has 1 rings (SSSR count). The van der Waals surface area contributed by atoms with Gasteiger partial charge in [0.1, 0.15) is 0 Å². The van der Waals surface area contributed by atoms with Crippen LogP contribution in [-0.2, 0) is 0 Å². The van der Waals surface area contributed by atoms with Gasteiger partial charge in [-0.05, 0) is 0 Å². The van der Waals surface area contributed by atoms with Gasteiger partial charge in [-0.2, -0.15) is 0 Å². The number of rotatable bonds is 4. The Balaban J connectivity index is 0. The molecule has 0 saturated heterocycles. The molecule has 0 nitrogen and oxygen atoms in total. The van der Waals surface area contributed by atoms with Crippen LogP contribution in [0, 0.1) is 11.8 Å². The van der Waals surface area contributed by atoms with Gasteiger partial charge in [0.2, 0.25) is 0 Å². The molecule has 90 valence electrons. The summed E-state index contributed by atoms with van der Waals surface area (Å²) in [6.45, 7) is 9.25. The molecule has 1 aliphatic carbocycles. The van der Waals surface area contributed by atoms with Crippen molar-refractivity contribution in [3.8, 4) is 0 Å². The maximum absolute atomic E-state index is 2.31. The van der Waals surface area contributed by atoms with E-state index in [2.05, 4.69) is 27.7 Å². The van der Waals surface area contributed by atoms with E-state index < -0.39 is 0 Å². The SMILES string of the molecule is C1CCCCC1.CC(C)[CH2][Al+][CH2]C(C)C.[H-]. The van der Waals surface area contributed by atoms with Gasteiger partial charge in [0.15, 0.2) is 0 Å². The van der Waals surface area contributed by atoms with E-state index in [1.807, 2.05) is 0 Å². The van der Waals surface area contributed by atoms with Crippen LogP contribution < -0.4 is 0 Å². The van der Waals surface area contributed by atoms with Crippen LogP contribution in [0.15, 0.2) is 0 Å². The summed E-state index contributed by atoms with van der Waals surface area (Å²) in [6, 6.07) is 0. The van der Waals surface area contributed by atoms with Crippen molar-refractivity contribution in [1.29, 1.82) is 0 Å². The first-order valence-electron chi connectivity index (χ1n) is 6.94. The molecular weight excluding hydrogens is 195 g/mol. The zero-order valence-corrected chi connectivity index (χ0v) is 12.5. The second kappa shape index (κ2) is 11.0. The molecule has 0 atom stereocenters. The predicted molar refractivity (Wildman–Crippen MR) is 73.9 cm³/mol. The zero-order chi connectivity index (χ0) is 11.5. The van der Waals surface area contributed by atoms with E-state index in [1.54, 1.807) is 0 Å². The molecule has 0 aromatic heterocycles. The van der Waals surface area contributed by atoms with Crippen molar-refractivity contribution >= 4 is 15.2 Å². The van der Waals surface area contributed by atoms with Crippen LogP contribution in [0.4, 0.5) is 0 Å². The van der Waals surface area contributed by atoms with Crippen LogP contribution in [0.1, 0.15) is 67.6 Å². The third-order valence-corrected chi connectivity index (χ3v) is 5.33. The van der Waals surface area contributed by atoms with E-state index in [0.29, 0.717) is 0 Å². The molecule has 1 aliphatic rings. The molecule has 0 radical (unpaired) electrons. The van der Waals surface area contributed by atoms with Crippen LogP contribution >= 0.6 is 0 Å². The summed E-state index contributed by atoms with van der Waals surface area (Å²) < 4.78 is 0. The van der Waals surface area contributed by atoms with Gasteiger partial charge in [-0.25, -0.2) is 0 Å². The second-order valence-corrected chi connectivity index (χ2v) is 7.19. The monoisotopic (exact) mass is 226 g/mol. The zero-order valence-electron chi connectivity index (χ0n) is 12.4. The molecule has 0 heterocycles. The average molecular weight is 226 g/mol. The molecule has 1 heteroatoms. The summed E-state index contributed by atoms with van der Waals surface area (Å²) in [5, 5.41) is 2.97. The molecule has 0 aromatic rings. The Morgan fingerprint density at radius 3 is 1.20 bits per heavy atom. The summed E-state index contributed by atoms with van der Waals surface area (Å²) >= 11 is 0.755. The van der Waals surface area contributed by atoms with E-state index in [-0.39, 0.29) is 1.43 Å². The first-order valence-corrected chi connectivity index (χ1v) is 8.58. The third-order valence-electron chi connectivity index (χ3n) is 2.78. The van der Waals surface area contributed by atoms with Gasteiger partial charge in [0.25, 0.3) is 0 Å². The summed E-state index contributed by atoms with van der Waals surface area (Å²) in [7, 11) is 0. The molecule has 1 fully saturated rings. The average Bonchev–Trinajstić information content (AvgIpc) is 2.20. The van der Waals surface area contributed by atoms with Gasteiger partial charge in [0, 0.05) is 0 Å². The second-order valence-electron chi connectivity index (χ2n) is 5.67. The first-order chi connectivity index (χ1) is 7.13. The molecular formula is C14H31Al. The van der Waals surface area contributed by atoms with Crippen LogP contribution in [0.2, 0.25) is 10.6 Å². The molecule has 0 unspecified atom stereocenters. The fourth-order valence-corrected chi connectivity index (χ4v) is 3.35. The molecule has 0 N–H and O–H groups in total. The van der Waals surface area contributed by atoms with Gasteiger partial charge >= 0.3 is 65.3 Å². The molecule has 0 aromatic carbocycles. The minimum atomic E-state index is 0. The van der Waals surface area contributed by atoms with E-state index in [0.717, 1.165) is 27.1 Å². The summed E-state index contributed by atoms with van der Waals surface area (Å²) in [5.41, 5.74) is 0. The quantitative estimate of drug-likeness (QED) is 0.571. The molecule has 0 bridgehead atoms. The van der Waals surface area contributed by atoms with E-state index in [9.17, 15) is 0 Å². The Labute approximate surface area is 105 Å². The van der Waals surface area contributed by atoms with Gasteiger partial charge in [-0.3, -0.25) is 0 Å². The molecule has 0 amide bonds. The standard InChI is InChI=1S/C6H12.2C4H9.Al.H/c1-2-4-6-5-3-1;2*1-4(2)3;;/h1-6H2;2*4H,1H2,2-3H3;;/q;;;+1;-1. The van der Waals surface area contributed by atoms with Gasteiger partial charge < -0.3 is 1.43 Å². The normalized spacial score (nSPS) is 15.9. The molecule has 0 aliphatic heterocycles. The van der Waals surface area contributed by atoms with Crippen molar-refractivity contribution in [3.63, 3.8) is 0 Å². The first kappa shape index (κ1) is 15.5. The van der Waals surface area contributed by atoms with Crippen LogP contribution in [0.3, 0.4) is 0 Å². The topological polar surface area (TPSA) is 0 Å². The van der Waals surface area contributed by atoms with Crippen LogP contribution in [-0.4, -0.2) is 15.2 Å². The Morgan fingerprint density at radius 1 is 0.733 bits per heavy atom. The fraction of sp³-hybridized carbons (Fsp3) is 1.00. The summed E-state index contributed by atoms with van der Waals surface area (Å²) in [5.74, 6) is 1.86. The van der Waals surface area contributed by atoms with Crippen molar-refractivity contribution in [1.82, 2.24) is 0 Å². The Bertz CT molecular complexity index is 100. The number of hydrogen-bond donors (Lipinski definition) is 0. The van der Waals surface area contributed by atoms with Crippen molar-refractivity contribution in [2.45, 2.75) is 76.8 Å². The van der Waals surface area contributed by atoms with Gasteiger partial charge in [-0.1, -0.05) is 38.5 Å². The van der Waals surface area contributed by atoms with Gasteiger partial charge in [0.05, 0.1) is 0 Å². The predicted octanol–water partition coefficient (Wildman–Crippen LogP) is 5.29. The maximum atomic E-state index is 2.31. The fourth-order valence-electron chi connectivity index (χ4n) is 1.82. The molecule has 0 spiro atoms. The van der Waals surface area contributed by atoms with Crippen LogP contribution in [0.25, 0.3) is 0 Å². The van der Waals surface area contributed by atoms with Crippen molar-refractivity contribution in [3.05, 3.63) is 0 Å². The number of hydrogen-bond acceptors (Lipinski definition) is 0. The van der Waals surface area contributed by atoms with E-state index in [1.165, 1.54) is 49.1 Å². The third kappa shape index (κ3) is 14.5. The van der Waals surface area contributed by atoms with Crippen LogP contribution in [0.5, 0.6) is 0 Å². The van der Waals surface area contributed by atoms with E-state index in [4.69, 9.17) is 0 Å². The van der Waals surface area contributed by atoms with E-state index >= 15 is 0 Å².